The molecule has 0 aliphatic carbocycles. The van der Waals surface area contributed by atoms with E-state index in [1.54, 1.807) is 7.05 Å². The standard InChI is InChI=1S/C22H31N5/c1-23-22(26-17-21-11-4-5-12-24-21)25-16-19-9-8-10-20(15-19)18-27-13-6-2-3-7-14-27/h4-5,8-12,15H,2-3,6-7,13-14,16-18H2,1H3,(H2,23,25,26). The first-order valence-corrected chi connectivity index (χ1v) is 9.98. The van der Waals surface area contributed by atoms with E-state index in [-0.39, 0.29) is 0 Å². The zero-order valence-corrected chi connectivity index (χ0v) is 16.3. The Bertz CT molecular complexity index is 706. The molecule has 1 aromatic carbocycles. The van der Waals surface area contributed by atoms with Gasteiger partial charge in [-0.25, -0.2) is 0 Å². The van der Waals surface area contributed by atoms with E-state index in [0.29, 0.717) is 6.54 Å². The van der Waals surface area contributed by atoms with E-state index >= 15 is 0 Å². The number of aromatic nitrogens is 1. The van der Waals surface area contributed by atoms with Gasteiger partial charge in [0.2, 0.25) is 0 Å². The van der Waals surface area contributed by atoms with Gasteiger partial charge in [0.05, 0.1) is 12.2 Å². The Morgan fingerprint density at radius 3 is 2.48 bits per heavy atom. The summed E-state index contributed by atoms with van der Waals surface area (Å²) in [5, 5.41) is 6.71. The van der Waals surface area contributed by atoms with Crippen LogP contribution in [0, 0.1) is 0 Å². The molecule has 1 aliphatic rings. The van der Waals surface area contributed by atoms with Crippen LogP contribution >= 0.6 is 0 Å². The van der Waals surface area contributed by atoms with Crippen LogP contribution in [-0.4, -0.2) is 36.0 Å². The topological polar surface area (TPSA) is 52.6 Å². The molecular formula is C22H31N5. The molecule has 0 amide bonds. The monoisotopic (exact) mass is 365 g/mol. The average Bonchev–Trinajstić information content (AvgIpc) is 2.98. The Hall–Kier alpha value is -2.40. The van der Waals surface area contributed by atoms with E-state index in [1.165, 1.54) is 49.9 Å². The molecule has 1 aliphatic heterocycles. The van der Waals surface area contributed by atoms with Crippen LogP contribution in [-0.2, 0) is 19.6 Å². The molecule has 0 saturated carbocycles. The summed E-state index contributed by atoms with van der Waals surface area (Å²) in [6, 6.07) is 14.8. The van der Waals surface area contributed by atoms with Crippen LogP contribution in [0.2, 0.25) is 0 Å². The Kier molecular flexibility index (Phi) is 7.66. The molecule has 5 heteroatoms. The second-order valence-electron chi connectivity index (χ2n) is 7.11. The fraction of sp³-hybridized carbons (Fsp3) is 0.455. The lowest BCUT2D eigenvalue weighted by atomic mass is 10.1. The van der Waals surface area contributed by atoms with Crippen LogP contribution in [0.25, 0.3) is 0 Å². The molecule has 144 valence electrons. The maximum Gasteiger partial charge on any atom is 0.191 e. The quantitative estimate of drug-likeness (QED) is 0.609. The summed E-state index contributed by atoms with van der Waals surface area (Å²) >= 11 is 0. The second kappa shape index (κ2) is 10.7. The molecule has 2 N–H and O–H groups in total. The normalized spacial score (nSPS) is 16.0. The number of hydrogen-bond donors (Lipinski definition) is 2. The highest BCUT2D eigenvalue weighted by atomic mass is 15.2. The summed E-state index contributed by atoms with van der Waals surface area (Å²) in [7, 11) is 1.80. The molecule has 27 heavy (non-hydrogen) atoms. The molecule has 0 spiro atoms. The predicted molar refractivity (Wildman–Crippen MR) is 111 cm³/mol. The number of rotatable bonds is 6. The lowest BCUT2D eigenvalue weighted by Gasteiger charge is -2.20. The highest BCUT2D eigenvalue weighted by Crippen LogP contribution is 2.14. The smallest absolute Gasteiger partial charge is 0.191 e. The van der Waals surface area contributed by atoms with Gasteiger partial charge in [-0.3, -0.25) is 14.9 Å². The van der Waals surface area contributed by atoms with Crippen molar-refractivity contribution >= 4 is 5.96 Å². The van der Waals surface area contributed by atoms with Crippen molar-refractivity contribution in [3.8, 4) is 0 Å². The van der Waals surface area contributed by atoms with E-state index in [4.69, 9.17) is 0 Å². The molecule has 2 heterocycles. The zero-order valence-electron chi connectivity index (χ0n) is 16.3. The number of nitrogens with one attached hydrogen (secondary N) is 2. The van der Waals surface area contributed by atoms with Crippen molar-refractivity contribution in [1.82, 2.24) is 20.5 Å². The first-order chi connectivity index (χ1) is 13.3. The highest BCUT2D eigenvalue weighted by Gasteiger charge is 2.09. The van der Waals surface area contributed by atoms with Gasteiger partial charge >= 0.3 is 0 Å². The Morgan fingerprint density at radius 1 is 0.963 bits per heavy atom. The molecule has 1 aromatic heterocycles. The molecule has 3 rings (SSSR count). The van der Waals surface area contributed by atoms with Gasteiger partial charge in [-0.1, -0.05) is 43.2 Å². The third-order valence-electron chi connectivity index (χ3n) is 4.94. The average molecular weight is 366 g/mol. The van der Waals surface area contributed by atoms with Gasteiger partial charge in [-0.15, -0.1) is 0 Å². The molecule has 1 saturated heterocycles. The van der Waals surface area contributed by atoms with Crippen molar-refractivity contribution < 1.29 is 0 Å². The number of hydrogen-bond acceptors (Lipinski definition) is 3. The van der Waals surface area contributed by atoms with Gasteiger partial charge in [0.15, 0.2) is 5.96 Å². The third-order valence-corrected chi connectivity index (χ3v) is 4.94. The van der Waals surface area contributed by atoms with Gasteiger partial charge in [-0.2, -0.15) is 0 Å². The number of pyridine rings is 1. The van der Waals surface area contributed by atoms with Crippen molar-refractivity contribution in [3.63, 3.8) is 0 Å². The summed E-state index contributed by atoms with van der Waals surface area (Å²) in [4.78, 5) is 11.2. The van der Waals surface area contributed by atoms with Crippen molar-refractivity contribution in [3.05, 3.63) is 65.5 Å². The molecule has 0 radical (unpaired) electrons. The molecule has 0 atom stereocenters. The van der Waals surface area contributed by atoms with Gasteiger partial charge < -0.3 is 10.6 Å². The largest absolute Gasteiger partial charge is 0.352 e. The Balaban J connectivity index is 1.49. The lowest BCUT2D eigenvalue weighted by molar-refractivity contribution is 0.277. The van der Waals surface area contributed by atoms with E-state index in [9.17, 15) is 0 Å². The summed E-state index contributed by atoms with van der Waals surface area (Å²) in [5.74, 6) is 0.790. The van der Waals surface area contributed by atoms with Crippen LogP contribution in [0.3, 0.4) is 0 Å². The fourth-order valence-corrected chi connectivity index (χ4v) is 3.47. The van der Waals surface area contributed by atoms with Gasteiger partial charge in [0, 0.05) is 26.3 Å². The van der Waals surface area contributed by atoms with E-state index in [1.807, 2.05) is 24.4 Å². The third kappa shape index (κ3) is 6.68. The number of guanidine groups is 1. The maximum atomic E-state index is 4.33. The first kappa shape index (κ1) is 19.4. The summed E-state index contributed by atoms with van der Waals surface area (Å²) in [5.41, 5.74) is 3.68. The van der Waals surface area contributed by atoms with Gasteiger partial charge in [-0.05, 0) is 49.2 Å². The van der Waals surface area contributed by atoms with Crippen LogP contribution in [0.15, 0.2) is 53.7 Å². The Morgan fingerprint density at radius 2 is 1.74 bits per heavy atom. The number of benzene rings is 1. The van der Waals surface area contributed by atoms with Crippen molar-refractivity contribution in [2.45, 2.75) is 45.3 Å². The summed E-state index contributed by atoms with van der Waals surface area (Å²) < 4.78 is 0. The molecule has 0 unspecified atom stereocenters. The zero-order chi connectivity index (χ0) is 18.7. The van der Waals surface area contributed by atoms with Crippen LogP contribution in [0.1, 0.15) is 42.5 Å². The minimum Gasteiger partial charge on any atom is -0.352 e. The van der Waals surface area contributed by atoms with Gasteiger partial charge in [0.25, 0.3) is 0 Å². The number of nitrogens with zero attached hydrogens (tertiary/aromatic N) is 3. The molecule has 0 bridgehead atoms. The predicted octanol–water partition coefficient (Wildman–Crippen LogP) is 3.32. The van der Waals surface area contributed by atoms with E-state index in [2.05, 4.69) is 49.8 Å². The molecular weight excluding hydrogens is 334 g/mol. The molecule has 2 aromatic rings. The number of likely N-dealkylation sites (tertiary alicyclic amines) is 1. The molecule has 5 nitrogen and oxygen atoms in total. The van der Waals surface area contributed by atoms with Gasteiger partial charge in [0.1, 0.15) is 0 Å². The van der Waals surface area contributed by atoms with Crippen LogP contribution in [0.5, 0.6) is 0 Å². The SMILES string of the molecule is CN=C(NCc1cccc(CN2CCCCCC2)c1)NCc1ccccn1. The highest BCUT2D eigenvalue weighted by molar-refractivity contribution is 5.79. The maximum absolute atomic E-state index is 4.33. The minimum absolute atomic E-state index is 0.662. The van der Waals surface area contributed by atoms with Crippen LogP contribution < -0.4 is 10.6 Å². The fourth-order valence-electron chi connectivity index (χ4n) is 3.47. The Labute approximate surface area is 162 Å². The first-order valence-electron chi connectivity index (χ1n) is 9.98. The summed E-state index contributed by atoms with van der Waals surface area (Å²) in [6.07, 6.45) is 7.23. The summed E-state index contributed by atoms with van der Waals surface area (Å²) in [6.45, 7) is 4.94. The van der Waals surface area contributed by atoms with Crippen LogP contribution in [0.4, 0.5) is 0 Å². The van der Waals surface area contributed by atoms with E-state index < -0.39 is 0 Å². The van der Waals surface area contributed by atoms with Crippen molar-refractivity contribution in [2.75, 3.05) is 20.1 Å². The van der Waals surface area contributed by atoms with Crippen molar-refractivity contribution in [2.24, 2.45) is 4.99 Å². The number of aliphatic imine (C=N–C) groups is 1. The minimum atomic E-state index is 0.662. The second-order valence-corrected chi connectivity index (χ2v) is 7.11. The lowest BCUT2D eigenvalue weighted by Crippen LogP contribution is -2.36. The van der Waals surface area contributed by atoms with Crippen molar-refractivity contribution in [1.29, 1.82) is 0 Å². The van der Waals surface area contributed by atoms with E-state index in [0.717, 1.165) is 24.7 Å². The molecule has 1 fully saturated rings.